The van der Waals surface area contributed by atoms with Crippen molar-refractivity contribution in [2.24, 2.45) is 0 Å². The van der Waals surface area contributed by atoms with Gasteiger partial charge in [0.15, 0.2) is 6.29 Å². The number of hydrogen-bond acceptors (Lipinski definition) is 5. The lowest BCUT2D eigenvalue weighted by molar-refractivity contribution is -0.130. The number of methoxy groups -OCH3 is 2. The van der Waals surface area contributed by atoms with Crippen molar-refractivity contribution in [1.82, 2.24) is 20.9 Å². The first-order valence-corrected chi connectivity index (χ1v) is 12.6. The molecule has 0 aliphatic carbocycles. The highest BCUT2D eigenvalue weighted by Crippen LogP contribution is 2.21. The molecule has 0 bridgehead atoms. The van der Waals surface area contributed by atoms with Gasteiger partial charge in [-0.05, 0) is 29.2 Å². The zero-order valence-corrected chi connectivity index (χ0v) is 21.6. The van der Waals surface area contributed by atoms with Crippen molar-refractivity contribution in [3.8, 4) is 0 Å². The van der Waals surface area contributed by atoms with Gasteiger partial charge in [-0.1, -0.05) is 78.9 Å². The number of hydrogen-bond donors (Lipinski definition) is 4. The predicted molar refractivity (Wildman–Crippen MR) is 147 cm³/mol. The summed E-state index contributed by atoms with van der Waals surface area (Å²) in [5.41, 5.74) is 3.72. The highest BCUT2D eigenvalue weighted by atomic mass is 16.7. The van der Waals surface area contributed by atoms with E-state index in [4.69, 9.17) is 9.47 Å². The molecule has 0 radical (unpaired) electrons. The lowest BCUT2D eigenvalue weighted by Crippen LogP contribution is -2.51. The molecule has 4 N–H and O–H groups in total. The summed E-state index contributed by atoms with van der Waals surface area (Å²) in [6.45, 7) is 0.557. The molecule has 2 atom stereocenters. The van der Waals surface area contributed by atoms with Gasteiger partial charge in [0.2, 0.25) is 11.8 Å². The second-order valence-corrected chi connectivity index (χ2v) is 8.98. The van der Waals surface area contributed by atoms with Gasteiger partial charge < -0.3 is 25.1 Å². The second-order valence-electron chi connectivity index (χ2n) is 8.98. The van der Waals surface area contributed by atoms with Gasteiger partial charge in [0.05, 0.1) is 12.6 Å². The Morgan fingerprint density at radius 2 is 1.47 bits per heavy atom. The number of aromatic nitrogens is 1. The number of amides is 2. The molecule has 0 saturated carbocycles. The number of aromatic amines is 1. The van der Waals surface area contributed by atoms with Gasteiger partial charge >= 0.3 is 0 Å². The summed E-state index contributed by atoms with van der Waals surface area (Å²) in [5, 5.41) is 10.3. The van der Waals surface area contributed by atoms with Crippen molar-refractivity contribution in [2.75, 3.05) is 20.8 Å². The highest BCUT2D eigenvalue weighted by Gasteiger charge is 2.29. The van der Waals surface area contributed by atoms with Crippen LogP contribution in [0.1, 0.15) is 22.7 Å². The molecule has 8 nitrogen and oxygen atoms in total. The molecule has 4 rings (SSSR count). The Bertz CT molecular complexity index is 1310. The second kappa shape index (κ2) is 13.5. The lowest BCUT2D eigenvalue weighted by atomic mass is 10.00. The van der Waals surface area contributed by atoms with E-state index >= 15 is 0 Å². The molecule has 198 valence electrons. The molecule has 0 spiro atoms. The van der Waals surface area contributed by atoms with E-state index in [-0.39, 0.29) is 18.4 Å². The summed E-state index contributed by atoms with van der Waals surface area (Å²) in [5.74, 6) is -0.477. The Balaban J connectivity index is 1.59. The van der Waals surface area contributed by atoms with E-state index in [0.29, 0.717) is 13.0 Å². The van der Waals surface area contributed by atoms with Crippen molar-refractivity contribution in [1.29, 1.82) is 0 Å². The number of para-hydroxylation sites is 1. The zero-order chi connectivity index (χ0) is 26.7. The first-order valence-electron chi connectivity index (χ1n) is 12.6. The summed E-state index contributed by atoms with van der Waals surface area (Å²) in [7, 11) is 3.04. The number of fused-ring (bicyclic) bond motifs is 1. The molecule has 3 aromatic carbocycles. The molecule has 0 aliphatic heterocycles. The van der Waals surface area contributed by atoms with Crippen LogP contribution in [-0.4, -0.2) is 49.9 Å². The fourth-order valence-electron chi connectivity index (χ4n) is 4.37. The molecule has 8 heteroatoms. The maximum absolute atomic E-state index is 13.5. The number of carbonyl (C=O) groups excluding carboxylic acids is 2. The highest BCUT2D eigenvalue weighted by molar-refractivity contribution is 5.88. The van der Waals surface area contributed by atoms with Gasteiger partial charge in [-0.15, -0.1) is 0 Å². The van der Waals surface area contributed by atoms with Gasteiger partial charge in [0.25, 0.3) is 0 Å². The van der Waals surface area contributed by atoms with E-state index in [2.05, 4.69) is 20.9 Å². The van der Waals surface area contributed by atoms with Crippen LogP contribution in [0.4, 0.5) is 0 Å². The Labute approximate surface area is 222 Å². The molecule has 0 fully saturated rings. The number of benzene rings is 3. The third kappa shape index (κ3) is 7.07. The van der Waals surface area contributed by atoms with Crippen LogP contribution < -0.4 is 16.0 Å². The molecule has 4 aromatic rings. The summed E-state index contributed by atoms with van der Waals surface area (Å²) in [4.78, 5) is 30.2. The van der Waals surface area contributed by atoms with Crippen molar-refractivity contribution in [2.45, 2.75) is 31.3 Å². The van der Waals surface area contributed by atoms with Crippen LogP contribution >= 0.6 is 0 Å². The van der Waals surface area contributed by atoms with Gasteiger partial charge in [-0.3, -0.25) is 14.9 Å². The van der Waals surface area contributed by atoms with E-state index < -0.39 is 18.4 Å². The SMILES string of the molecule is COC(CNC(=O)[C@H](Cc1c[nH]c2ccccc12)NC(C(=O)NCc1ccccc1)c1ccccc1)OC. The predicted octanol–water partition coefficient (Wildman–Crippen LogP) is 3.46. The van der Waals surface area contributed by atoms with E-state index in [0.717, 1.165) is 27.6 Å². The number of nitrogens with one attached hydrogen (secondary N) is 4. The average Bonchev–Trinajstić information content (AvgIpc) is 3.38. The standard InChI is InChI=1S/C30H34N4O4/c1-37-27(38-2)20-33-29(35)26(17-23-19-31-25-16-10-9-15-24(23)25)34-28(22-13-7-4-8-14-22)30(36)32-18-21-11-5-3-6-12-21/h3-16,19,26-28,31,34H,17-18,20H2,1-2H3,(H,32,36)(H,33,35)/t26-,28?/m0/s1. The topological polar surface area (TPSA) is 104 Å². The van der Waals surface area contributed by atoms with Crippen molar-refractivity contribution >= 4 is 22.7 Å². The third-order valence-corrected chi connectivity index (χ3v) is 6.46. The molecule has 1 unspecified atom stereocenters. The quantitative estimate of drug-likeness (QED) is 0.205. The number of H-pyrrole nitrogens is 1. The van der Waals surface area contributed by atoms with Crippen molar-refractivity contribution in [3.63, 3.8) is 0 Å². The fourth-order valence-corrected chi connectivity index (χ4v) is 4.37. The summed E-state index contributed by atoms with van der Waals surface area (Å²) in [6, 6.07) is 25.6. The van der Waals surface area contributed by atoms with Crippen molar-refractivity contribution < 1.29 is 19.1 Å². The van der Waals surface area contributed by atoms with Gasteiger partial charge in [-0.2, -0.15) is 0 Å². The van der Waals surface area contributed by atoms with Crippen LogP contribution in [0.15, 0.2) is 91.1 Å². The smallest absolute Gasteiger partial charge is 0.242 e. The molecule has 1 aromatic heterocycles. The summed E-state index contributed by atoms with van der Waals surface area (Å²) in [6.07, 6.45) is 1.70. The Hall–Kier alpha value is -3.98. The first kappa shape index (κ1) is 27.1. The van der Waals surface area contributed by atoms with Gasteiger partial charge in [0, 0.05) is 37.9 Å². The van der Waals surface area contributed by atoms with Crippen LogP contribution in [0, 0.1) is 0 Å². The molecule has 0 aliphatic rings. The van der Waals surface area contributed by atoms with Crippen LogP contribution in [0.3, 0.4) is 0 Å². The Morgan fingerprint density at radius 3 is 2.18 bits per heavy atom. The van der Waals surface area contributed by atoms with Crippen LogP contribution in [0.2, 0.25) is 0 Å². The monoisotopic (exact) mass is 514 g/mol. The molecular formula is C30H34N4O4. The minimum absolute atomic E-state index is 0.175. The fraction of sp³-hybridized carbons (Fsp3) is 0.267. The van der Waals surface area contributed by atoms with E-state index in [1.54, 1.807) is 0 Å². The molecule has 0 saturated heterocycles. The average molecular weight is 515 g/mol. The van der Waals surface area contributed by atoms with Gasteiger partial charge in [-0.25, -0.2) is 0 Å². The van der Waals surface area contributed by atoms with Crippen LogP contribution in [0.5, 0.6) is 0 Å². The normalized spacial score (nSPS) is 12.8. The number of carbonyl (C=O) groups is 2. The van der Waals surface area contributed by atoms with E-state index in [9.17, 15) is 9.59 Å². The van der Waals surface area contributed by atoms with Gasteiger partial charge in [0.1, 0.15) is 6.04 Å². The molecule has 1 heterocycles. The van der Waals surface area contributed by atoms with Crippen molar-refractivity contribution in [3.05, 3.63) is 108 Å². The molecular weight excluding hydrogens is 480 g/mol. The number of ether oxygens (including phenoxy) is 2. The lowest BCUT2D eigenvalue weighted by Gasteiger charge is -2.26. The number of rotatable bonds is 13. The molecule has 2 amide bonds. The molecule has 38 heavy (non-hydrogen) atoms. The summed E-state index contributed by atoms with van der Waals surface area (Å²) < 4.78 is 10.5. The summed E-state index contributed by atoms with van der Waals surface area (Å²) >= 11 is 0. The minimum Gasteiger partial charge on any atom is -0.361 e. The van der Waals surface area contributed by atoms with Crippen LogP contribution in [0.25, 0.3) is 10.9 Å². The van der Waals surface area contributed by atoms with Crippen LogP contribution in [-0.2, 0) is 32.0 Å². The first-order chi connectivity index (χ1) is 18.6. The Morgan fingerprint density at radius 1 is 0.816 bits per heavy atom. The maximum atomic E-state index is 13.5. The third-order valence-electron chi connectivity index (χ3n) is 6.46. The largest absolute Gasteiger partial charge is 0.361 e. The maximum Gasteiger partial charge on any atom is 0.242 e. The Kier molecular flexibility index (Phi) is 9.64. The minimum atomic E-state index is -0.749. The van der Waals surface area contributed by atoms with E-state index in [1.807, 2.05) is 91.1 Å². The zero-order valence-electron chi connectivity index (χ0n) is 21.6. The van der Waals surface area contributed by atoms with E-state index in [1.165, 1.54) is 14.2 Å².